The fraction of sp³-hybridized carbons (Fsp3) is 0.250. The Hall–Kier alpha value is -1.23. The highest BCUT2D eigenvalue weighted by Crippen LogP contribution is 2.28. The molecule has 0 atom stereocenters. The molecule has 0 fully saturated rings. The van der Waals surface area contributed by atoms with Crippen LogP contribution in [0.5, 0.6) is 0 Å². The predicted octanol–water partition coefficient (Wildman–Crippen LogP) is 2.68. The molecular weight excluding hydrogens is 216 g/mol. The van der Waals surface area contributed by atoms with E-state index in [1.54, 1.807) is 0 Å². The van der Waals surface area contributed by atoms with E-state index in [-0.39, 0.29) is 11.3 Å². The van der Waals surface area contributed by atoms with Crippen molar-refractivity contribution in [3.63, 3.8) is 0 Å². The number of pyridine rings is 1. The van der Waals surface area contributed by atoms with Crippen molar-refractivity contribution in [2.24, 2.45) is 0 Å². The molecule has 0 saturated carbocycles. The zero-order valence-electron chi connectivity index (χ0n) is 7.09. The summed E-state index contributed by atoms with van der Waals surface area (Å²) >= 11 is 5.45. The second kappa shape index (κ2) is 3.88. The molecule has 0 aliphatic rings. The van der Waals surface area contributed by atoms with Crippen LogP contribution in [0, 0.1) is 6.92 Å². The van der Waals surface area contributed by atoms with Gasteiger partial charge in [-0.1, -0.05) is 11.6 Å². The summed E-state index contributed by atoms with van der Waals surface area (Å²) in [4.78, 5) is 14.1. The lowest BCUT2D eigenvalue weighted by Crippen LogP contribution is -2.04. The molecular formula is C8H6ClF2NO2. The van der Waals surface area contributed by atoms with Crippen molar-refractivity contribution < 1.29 is 18.7 Å². The number of hydrogen-bond acceptors (Lipinski definition) is 2. The van der Waals surface area contributed by atoms with Gasteiger partial charge in [-0.25, -0.2) is 13.6 Å². The summed E-state index contributed by atoms with van der Waals surface area (Å²) in [5.41, 5.74) is -0.847. The molecule has 1 N–H and O–H groups in total. The van der Waals surface area contributed by atoms with Crippen molar-refractivity contribution >= 4 is 17.6 Å². The Morgan fingerprint density at radius 2 is 2.21 bits per heavy atom. The van der Waals surface area contributed by atoms with Crippen LogP contribution >= 0.6 is 11.6 Å². The first kappa shape index (κ1) is 10.8. The summed E-state index contributed by atoms with van der Waals surface area (Å²) in [7, 11) is 0. The van der Waals surface area contributed by atoms with E-state index in [1.165, 1.54) is 6.92 Å². The number of alkyl halides is 2. The van der Waals surface area contributed by atoms with Crippen LogP contribution in [0.3, 0.4) is 0 Å². The van der Waals surface area contributed by atoms with Gasteiger partial charge in [-0.2, -0.15) is 0 Å². The lowest BCUT2D eigenvalue weighted by molar-refractivity contribution is 0.0696. The Labute approximate surface area is 83.3 Å². The third-order valence-electron chi connectivity index (χ3n) is 1.55. The summed E-state index contributed by atoms with van der Waals surface area (Å²) in [5, 5.41) is 8.14. The molecule has 3 nitrogen and oxygen atoms in total. The van der Waals surface area contributed by atoms with E-state index >= 15 is 0 Å². The topological polar surface area (TPSA) is 50.2 Å². The van der Waals surface area contributed by atoms with Crippen molar-refractivity contribution in [1.82, 2.24) is 4.98 Å². The predicted molar refractivity (Wildman–Crippen MR) is 45.9 cm³/mol. The number of carboxylic acid groups (broad SMARTS) is 1. The fourth-order valence-corrected chi connectivity index (χ4v) is 1.24. The van der Waals surface area contributed by atoms with Crippen LogP contribution in [0.2, 0.25) is 5.02 Å². The smallest absolute Gasteiger partial charge is 0.337 e. The molecule has 0 radical (unpaired) electrons. The monoisotopic (exact) mass is 221 g/mol. The van der Waals surface area contributed by atoms with Gasteiger partial charge < -0.3 is 5.11 Å². The van der Waals surface area contributed by atoms with E-state index < -0.39 is 23.1 Å². The third kappa shape index (κ3) is 1.98. The highest BCUT2D eigenvalue weighted by Gasteiger charge is 2.20. The number of carbonyl (C=O) groups is 1. The first-order valence-corrected chi connectivity index (χ1v) is 3.99. The van der Waals surface area contributed by atoms with Crippen molar-refractivity contribution in [1.29, 1.82) is 0 Å². The second-order valence-corrected chi connectivity index (χ2v) is 2.99. The minimum Gasteiger partial charge on any atom is -0.478 e. The van der Waals surface area contributed by atoms with Gasteiger partial charge in [0.2, 0.25) is 0 Å². The number of aromatic nitrogens is 1. The SMILES string of the molecule is Cc1cc(C(=O)O)c(Cl)c(C(F)F)n1. The molecule has 0 aliphatic carbocycles. The maximum absolute atomic E-state index is 12.3. The summed E-state index contributed by atoms with van der Waals surface area (Å²) in [6.07, 6.45) is -2.87. The molecule has 1 rings (SSSR count). The van der Waals surface area contributed by atoms with E-state index in [1.807, 2.05) is 0 Å². The zero-order chi connectivity index (χ0) is 10.9. The fourth-order valence-electron chi connectivity index (χ4n) is 0.982. The van der Waals surface area contributed by atoms with E-state index in [2.05, 4.69) is 4.98 Å². The molecule has 0 aliphatic heterocycles. The Morgan fingerprint density at radius 1 is 1.64 bits per heavy atom. The third-order valence-corrected chi connectivity index (χ3v) is 1.95. The van der Waals surface area contributed by atoms with Crippen LogP contribution < -0.4 is 0 Å². The van der Waals surface area contributed by atoms with Crippen LogP contribution in [0.1, 0.15) is 28.2 Å². The van der Waals surface area contributed by atoms with E-state index in [0.717, 1.165) is 6.07 Å². The molecule has 0 unspecified atom stereocenters. The number of aromatic carboxylic acids is 1. The molecule has 6 heteroatoms. The summed E-state index contributed by atoms with van der Waals surface area (Å²) < 4.78 is 24.6. The van der Waals surface area contributed by atoms with Gasteiger partial charge in [-0.05, 0) is 13.0 Å². The normalized spacial score (nSPS) is 10.6. The minimum atomic E-state index is -2.87. The minimum absolute atomic E-state index is 0.196. The number of rotatable bonds is 2. The number of aryl methyl sites for hydroxylation is 1. The number of hydrogen-bond donors (Lipinski definition) is 1. The van der Waals surface area contributed by atoms with Crippen LogP contribution in [0.15, 0.2) is 6.07 Å². The van der Waals surface area contributed by atoms with E-state index in [4.69, 9.17) is 16.7 Å². The zero-order valence-corrected chi connectivity index (χ0v) is 7.85. The quantitative estimate of drug-likeness (QED) is 0.835. The van der Waals surface area contributed by atoms with E-state index in [0.29, 0.717) is 0 Å². The van der Waals surface area contributed by atoms with Gasteiger partial charge in [-0.15, -0.1) is 0 Å². The Morgan fingerprint density at radius 3 is 2.64 bits per heavy atom. The van der Waals surface area contributed by atoms with E-state index in [9.17, 15) is 13.6 Å². The van der Waals surface area contributed by atoms with Crippen LogP contribution in [-0.2, 0) is 0 Å². The van der Waals surface area contributed by atoms with Gasteiger partial charge in [0.15, 0.2) is 0 Å². The van der Waals surface area contributed by atoms with Crippen molar-refractivity contribution in [2.75, 3.05) is 0 Å². The largest absolute Gasteiger partial charge is 0.478 e. The maximum atomic E-state index is 12.3. The second-order valence-electron chi connectivity index (χ2n) is 2.62. The summed E-state index contributed by atoms with van der Waals surface area (Å²) in [5.74, 6) is -1.34. The van der Waals surface area contributed by atoms with Gasteiger partial charge >= 0.3 is 5.97 Å². The molecule has 0 bridgehead atoms. The molecule has 14 heavy (non-hydrogen) atoms. The van der Waals surface area contributed by atoms with Gasteiger partial charge in [0.25, 0.3) is 6.43 Å². The number of carboxylic acids is 1. The molecule has 1 heterocycles. The molecule has 1 aromatic rings. The van der Waals surface area contributed by atoms with Crippen LogP contribution in [0.25, 0.3) is 0 Å². The summed E-state index contributed by atoms with van der Waals surface area (Å²) in [6, 6.07) is 1.15. The first-order valence-electron chi connectivity index (χ1n) is 3.62. The number of halogens is 3. The Balaban J connectivity index is 3.40. The lowest BCUT2D eigenvalue weighted by atomic mass is 10.2. The Kier molecular flexibility index (Phi) is 3.00. The average molecular weight is 222 g/mol. The van der Waals surface area contributed by atoms with Crippen LogP contribution in [-0.4, -0.2) is 16.1 Å². The maximum Gasteiger partial charge on any atom is 0.337 e. The average Bonchev–Trinajstić information content (AvgIpc) is 2.07. The van der Waals surface area contributed by atoms with Gasteiger partial charge in [0.05, 0.1) is 10.6 Å². The Bertz CT molecular complexity index is 382. The van der Waals surface area contributed by atoms with Crippen molar-refractivity contribution in [3.8, 4) is 0 Å². The highest BCUT2D eigenvalue weighted by atomic mass is 35.5. The van der Waals surface area contributed by atoms with Crippen molar-refractivity contribution in [2.45, 2.75) is 13.3 Å². The highest BCUT2D eigenvalue weighted by molar-refractivity contribution is 6.34. The standard InChI is InChI=1S/C8H6ClF2NO2/c1-3-2-4(8(13)14)5(9)6(12-3)7(10)11/h2,7H,1H3,(H,13,14). The molecule has 0 spiro atoms. The summed E-state index contributed by atoms with van der Waals surface area (Å²) in [6.45, 7) is 1.43. The van der Waals surface area contributed by atoms with Gasteiger partial charge in [0, 0.05) is 5.69 Å². The molecule has 0 saturated heterocycles. The number of nitrogens with zero attached hydrogens (tertiary/aromatic N) is 1. The van der Waals surface area contributed by atoms with Gasteiger partial charge in [0.1, 0.15) is 5.69 Å². The van der Waals surface area contributed by atoms with Gasteiger partial charge in [-0.3, -0.25) is 4.98 Å². The molecule has 0 aromatic carbocycles. The first-order chi connectivity index (χ1) is 6.43. The van der Waals surface area contributed by atoms with Crippen molar-refractivity contribution in [3.05, 3.63) is 28.0 Å². The lowest BCUT2D eigenvalue weighted by Gasteiger charge is -2.06. The van der Waals surface area contributed by atoms with Crippen LogP contribution in [0.4, 0.5) is 8.78 Å². The molecule has 1 aromatic heterocycles. The molecule has 76 valence electrons. The molecule has 0 amide bonds.